The Bertz CT molecular complexity index is 762. The van der Waals surface area contributed by atoms with Crippen molar-refractivity contribution in [2.45, 2.75) is 13.0 Å². The number of morpholine rings is 1. The number of rotatable bonds is 8. The highest BCUT2D eigenvalue weighted by Gasteiger charge is 2.13. The smallest absolute Gasteiger partial charge is 0.286 e. The van der Waals surface area contributed by atoms with Crippen molar-refractivity contribution in [3.05, 3.63) is 51.3 Å². The van der Waals surface area contributed by atoms with Crippen molar-refractivity contribution in [3.8, 4) is 5.75 Å². The Morgan fingerprint density at radius 3 is 2.85 bits per heavy atom. The lowest BCUT2D eigenvalue weighted by Gasteiger charge is -2.26. The minimum Gasteiger partial charge on any atom is -0.484 e. The van der Waals surface area contributed by atoms with E-state index in [0.717, 1.165) is 43.7 Å². The number of halogens is 2. The molecule has 1 aliphatic rings. The van der Waals surface area contributed by atoms with Crippen LogP contribution in [-0.2, 0) is 11.3 Å². The van der Waals surface area contributed by atoms with Crippen LogP contribution in [-0.4, -0.2) is 50.2 Å². The van der Waals surface area contributed by atoms with Gasteiger partial charge in [-0.25, -0.2) is 0 Å². The molecule has 1 fully saturated rings. The molecule has 0 atom stereocenters. The molecule has 0 aliphatic carbocycles. The molecule has 1 aromatic carbocycles. The molecule has 2 heterocycles. The summed E-state index contributed by atoms with van der Waals surface area (Å²) in [5, 5.41) is 3.39. The van der Waals surface area contributed by atoms with Crippen LogP contribution in [0.2, 0.25) is 5.02 Å². The number of nitrogens with one attached hydrogen (secondary N) is 1. The van der Waals surface area contributed by atoms with Crippen molar-refractivity contribution in [3.63, 3.8) is 0 Å². The fraction of sp³-hybridized carbons (Fsp3) is 0.421. The summed E-state index contributed by atoms with van der Waals surface area (Å²) in [6, 6.07) is 8.76. The number of carbonyl (C=O) groups is 1. The van der Waals surface area contributed by atoms with Gasteiger partial charge < -0.3 is 19.2 Å². The van der Waals surface area contributed by atoms with Gasteiger partial charge >= 0.3 is 0 Å². The molecule has 1 amide bonds. The summed E-state index contributed by atoms with van der Waals surface area (Å²) in [4.78, 5) is 14.5. The third-order valence-electron chi connectivity index (χ3n) is 4.19. The van der Waals surface area contributed by atoms with E-state index in [1.54, 1.807) is 24.3 Å². The fourth-order valence-electron chi connectivity index (χ4n) is 2.74. The van der Waals surface area contributed by atoms with Crippen LogP contribution in [0.1, 0.15) is 22.7 Å². The van der Waals surface area contributed by atoms with Gasteiger partial charge in [-0.05, 0) is 43.3 Å². The third kappa shape index (κ3) is 6.24. The predicted octanol–water partition coefficient (Wildman–Crippen LogP) is 3.73. The minimum absolute atomic E-state index is 0.200. The Hall–Kier alpha value is -1.54. The van der Waals surface area contributed by atoms with Gasteiger partial charge in [-0.2, -0.15) is 0 Å². The van der Waals surface area contributed by atoms with Gasteiger partial charge in [-0.3, -0.25) is 9.69 Å². The standard InChI is InChI=1S/C19H22BrClN2O4/c20-14-2-4-17(16(21)12-14)26-13-15-3-5-18(27-15)19(24)22-6-1-7-23-8-10-25-11-9-23/h2-5,12H,1,6-11,13H2,(H,22,24). The van der Waals surface area contributed by atoms with E-state index in [9.17, 15) is 4.79 Å². The van der Waals surface area contributed by atoms with Crippen molar-refractivity contribution in [1.82, 2.24) is 10.2 Å². The zero-order valence-corrected chi connectivity index (χ0v) is 17.2. The van der Waals surface area contributed by atoms with Crippen molar-refractivity contribution in [2.75, 3.05) is 39.4 Å². The summed E-state index contributed by atoms with van der Waals surface area (Å²) in [6.45, 7) is 5.25. The number of benzene rings is 1. The van der Waals surface area contributed by atoms with E-state index in [4.69, 9.17) is 25.5 Å². The molecule has 3 rings (SSSR count). The highest BCUT2D eigenvalue weighted by molar-refractivity contribution is 9.10. The van der Waals surface area contributed by atoms with Crippen LogP contribution in [0, 0.1) is 0 Å². The highest BCUT2D eigenvalue weighted by atomic mass is 79.9. The van der Waals surface area contributed by atoms with Crippen molar-refractivity contribution >= 4 is 33.4 Å². The quantitative estimate of drug-likeness (QED) is 0.612. The van der Waals surface area contributed by atoms with Crippen molar-refractivity contribution < 1.29 is 18.7 Å². The topological polar surface area (TPSA) is 63.9 Å². The molecule has 27 heavy (non-hydrogen) atoms. The van der Waals surface area contributed by atoms with Crippen LogP contribution < -0.4 is 10.1 Å². The van der Waals surface area contributed by atoms with Crippen molar-refractivity contribution in [1.29, 1.82) is 0 Å². The summed E-state index contributed by atoms with van der Waals surface area (Å²) in [7, 11) is 0. The maximum atomic E-state index is 12.2. The molecule has 8 heteroatoms. The summed E-state index contributed by atoms with van der Waals surface area (Å²) >= 11 is 9.47. The second-order valence-corrected chi connectivity index (χ2v) is 7.52. The van der Waals surface area contributed by atoms with E-state index in [0.29, 0.717) is 23.1 Å². The Balaban J connectivity index is 1.40. The molecule has 6 nitrogen and oxygen atoms in total. The number of amides is 1. The van der Waals surface area contributed by atoms with E-state index < -0.39 is 0 Å². The molecule has 1 saturated heterocycles. The van der Waals surface area contributed by atoms with E-state index in [1.807, 2.05) is 6.07 Å². The molecule has 0 saturated carbocycles. The zero-order valence-electron chi connectivity index (χ0n) is 14.9. The largest absolute Gasteiger partial charge is 0.484 e. The SMILES string of the molecule is O=C(NCCCN1CCOCC1)c1ccc(COc2ccc(Br)cc2Cl)o1. The zero-order chi connectivity index (χ0) is 19.1. The number of furan rings is 1. The number of nitrogens with zero attached hydrogens (tertiary/aromatic N) is 1. The van der Waals surface area contributed by atoms with E-state index in [1.165, 1.54) is 0 Å². The van der Waals surface area contributed by atoms with Crippen molar-refractivity contribution in [2.24, 2.45) is 0 Å². The molecule has 1 aliphatic heterocycles. The second-order valence-electron chi connectivity index (χ2n) is 6.19. The lowest BCUT2D eigenvalue weighted by atomic mass is 10.3. The predicted molar refractivity (Wildman–Crippen MR) is 106 cm³/mol. The molecule has 2 aromatic rings. The molecular formula is C19H22BrClN2O4. The molecular weight excluding hydrogens is 436 g/mol. The molecule has 146 valence electrons. The van der Waals surface area contributed by atoms with E-state index in [2.05, 4.69) is 26.1 Å². The molecule has 0 radical (unpaired) electrons. The first-order valence-electron chi connectivity index (χ1n) is 8.86. The first kappa shape index (κ1) is 20.2. The third-order valence-corrected chi connectivity index (χ3v) is 4.98. The Labute approximate surface area is 171 Å². The van der Waals surface area contributed by atoms with Crippen LogP contribution in [0.4, 0.5) is 0 Å². The average molecular weight is 458 g/mol. The average Bonchev–Trinajstić information content (AvgIpc) is 3.14. The van der Waals surface area contributed by atoms with E-state index >= 15 is 0 Å². The first-order chi connectivity index (χ1) is 13.1. The monoisotopic (exact) mass is 456 g/mol. The summed E-state index contributed by atoms with van der Waals surface area (Å²) in [5.41, 5.74) is 0. The van der Waals surface area contributed by atoms with Crippen LogP contribution in [0.25, 0.3) is 0 Å². The van der Waals surface area contributed by atoms with Crippen LogP contribution >= 0.6 is 27.5 Å². The van der Waals surface area contributed by atoms with Gasteiger partial charge in [0.15, 0.2) is 5.76 Å². The van der Waals surface area contributed by atoms with Gasteiger partial charge in [0, 0.05) is 24.1 Å². The highest BCUT2D eigenvalue weighted by Crippen LogP contribution is 2.28. The normalized spacial score (nSPS) is 14.9. The Kier molecular flexibility index (Phi) is 7.58. The van der Waals surface area contributed by atoms with Gasteiger partial charge in [0.2, 0.25) is 0 Å². The lowest BCUT2D eigenvalue weighted by molar-refractivity contribution is 0.0374. The van der Waals surface area contributed by atoms with Gasteiger partial charge in [-0.1, -0.05) is 27.5 Å². The maximum absolute atomic E-state index is 12.2. The molecule has 1 N–H and O–H groups in total. The maximum Gasteiger partial charge on any atom is 0.286 e. The first-order valence-corrected chi connectivity index (χ1v) is 10.0. The number of carbonyl (C=O) groups excluding carboxylic acids is 1. The minimum atomic E-state index is -0.218. The van der Waals surface area contributed by atoms with Gasteiger partial charge in [0.1, 0.15) is 18.1 Å². The number of ether oxygens (including phenoxy) is 2. The molecule has 1 aromatic heterocycles. The summed E-state index contributed by atoms with van der Waals surface area (Å²) in [5.74, 6) is 1.18. The fourth-order valence-corrected chi connectivity index (χ4v) is 3.46. The van der Waals surface area contributed by atoms with E-state index in [-0.39, 0.29) is 18.3 Å². The van der Waals surface area contributed by atoms with Crippen LogP contribution in [0.5, 0.6) is 5.75 Å². The van der Waals surface area contributed by atoms with Gasteiger partial charge in [-0.15, -0.1) is 0 Å². The number of hydrogen-bond donors (Lipinski definition) is 1. The second kappa shape index (κ2) is 10.1. The van der Waals surface area contributed by atoms with Gasteiger partial charge in [0.05, 0.1) is 18.2 Å². The summed E-state index contributed by atoms with van der Waals surface area (Å²) in [6.07, 6.45) is 0.893. The van der Waals surface area contributed by atoms with Crippen LogP contribution in [0.3, 0.4) is 0 Å². The lowest BCUT2D eigenvalue weighted by Crippen LogP contribution is -2.38. The molecule has 0 bridgehead atoms. The molecule has 0 unspecified atom stereocenters. The molecule has 0 spiro atoms. The van der Waals surface area contributed by atoms with Crippen LogP contribution in [0.15, 0.2) is 39.2 Å². The number of hydrogen-bond acceptors (Lipinski definition) is 5. The Morgan fingerprint density at radius 2 is 2.07 bits per heavy atom. The van der Waals surface area contributed by atoms with Gasteiger partial charge in [0.25, 0.3) is 5.91 Å². The Morgan fingerprint density at radius 1 is 1.26 bits per heavy atom. The summed E-state index contributed by atoms with van der Waals surface area (Å²) < 4.78 is 17.4.